The van der Waals surface area contributed by atoms with Crippen LogP contribution in [0.15, 0.2) is 78.8 Å². The first-order valence-corrected chi connectivity index (χ1v) is 22.4. The number of carbonyl (C=O) groups is 5. The van der Waals surface area contributed by atoms with Crippen LogP contribution in [0.4, 0.5) is 0 Å². The summed E-state index contributed by atoms with van der Waals surface area (Å²) < 4.78 is 14.0. The van der Waals surface area contributed by atoms with Gasteiger partial charge in [0.25, 0.3) is 11.8 Å². The number of nitrogens with zero attached hydrogens (tertiary/aromatic N) is 5. The van der Waals surface area contributed by atoms with Gasteiger partial charge in [0.15, 0.2) is 0 Å². The average molecular weight is 888 g/mol. The molecule has 3 atom stereocenters. The third-order valence-corrected chi connectivity index (χ3v) is 12.7. The number of rotatable bonds is 9. The zero-order valence-electron chi connectivity index (χ0n) is 38.5. The van der Waals surface area contributed by atoms with Crippen LogP contribution in [0.25, 0.3) is 33.3 Å². The number of nitrogens with one attached hydrogen (secondary N) is 2. The Kier molecular flexibility index (Phi) is 13.9. The van der Waals surface area contributed by atoms with E-state index in [1.54, 1.807) is 44.2 Å². The van der Waals surface area contributed by atoms with Gasteiger partial charge in [0, 0.05) is 86.6 Å². The lowest BCUT2D eigenvalue weighted by atomic mass is 9.84. The van der Waals surface area contributed by atoms with Crippen molar-refractivity contribution in [2.75, 3.05) is 40.4 Å². The van der Waals surface area contributed by atoms with Crippen molar-refractivity contribution in [2.45, 2.75) is 92.0 Å². The second-order valence-electron chi connectivity index (χ2n) is 18.4. The van der Waals surface area contributed by atoms with Crippen LogP contribution in [0.1, 0.15) is 70.6 Å². The number of likely N-dealkylation sites (tertiary alicyclic amines) is 1. The van der Waals surface area contributed by atoms with E-state index in [2.05, 4.69) is 59.8 Å². The quantitative estimate of drug-likeness (QED) is 0.140. The number of hydrazine groups is 1. The zero-order chi connectivity index (χ0) is 46.7. The molecule has 0 spiro atoms. The summed E-state index contributed by atoms with van der Waals surface area (Å²) in [5, 5.41) is 16.6. The molecule has 15 heteroatoms. The van der Waals surface area contributed by atoms with Crippen LogP contribution >= 0.6 is 0 Å². The van der Waals surface area contributed by atoms with Crippen molar-refractivity contribution in [1.29, 1.82) is 0 Å². The van der Waals surface area contributed by atoms with Gasteiger partial charge in [-0.3, -0.25) is 34.0 Å². The molecule has 3 N–H and O–H groups in total. The van der Waals surface area contributed by atoms with Crippen molar-refractivity contribution in [3.63, 3.8) is 0 Å². The van der Waals surface area contributed by atoms with Gasteiger partial charge in [-0.1, -0.05) is 32.6 Å². The SMILES string of the molecule is C=CC(=O)N1CC[C@H](C(=O)N(C)C(C(=O)NC2Cc3cc(O)cc(c3)-c3ccc4c(c3)c(c(-c3ccncc3COC)n4CC)CC(C)(C)COC(=O)[C@@H]3CCCN(N3)C2=O)=C(C)C)C1. The van der Waals surface area contributed by atoms with Crippen LogP contribution < -0.4 is 10.7 Å². The third kappa shape index (κ3) is 9.86. The molecule has 2 fully saturated rings. The van der Waals surface area contributed by atoms with Gasteiger partial charge in [0.1, 0.15) is 23.5 Å². The maximum absolute atomic E-state index is 14.7. The summed E-state index contributed by atoms with van der Waals surface area (Å²) in [6.45, 7) is 15.2. The molecule has 5 heterocycles. The van der Waals surface area contributed by atoms with Gasteiger partial charge in [-0.05, 0) is 111 Å². The second kappa shape index (κ2) is 19.4. The number of likely N-dealkylation sites (N-methyl/N-ethyl adjacent to an activating group) is 1. The molecular formula is C50H61N7O8. The topological polar surface area (TPSA) is 176 Å². The maximum Gasteiger partial charge on any atom is 0.324 e. The number of phenols is 1. The summed E-state index contributed by atoms with van der Waals surface area (Å²) in [6.07, 6.45) is 6.71. The zero-order valence-corrected chi connectivity index (χ0v) is 38.5. The van der Waals surface area contributed by atoms with E-state index in [4.69, 9.17) is 9.47 Å². The molecule has 2 saturated heterocycles. The normalized spacial score (nSPS) is 19.9. The molecule has 7 rings (SSSR count). The highest BCUT2D eigenvalue weighted by atomic mass is 16.5. The standard InChI is InChI=1S/C50H61N7O8/c1-9-43(59)55-19-16-33(27-55)47(61)54(7)44(30(3)4)46(60)52-41-22-31-20-34(23-36(58)21-31)32-13-14-42-38(24-32)39(45(56(42)10-2)37-15-17-51-26-35(37)28-64-8)25-50(5,6)29-65-49(63)40-12-11-18-57(53-40)48(41)62/h9,13-15,17,20-21,23-24,26,33,40-41,53,58H,1,10-12,16,18-19,22,25,27-29H2,2-8H3,(H,52,60)/t33-,40-,41?/m0/s1. The van der Waals surface area contributed by atoms with Crippen LogP contribution in [0.2, 0.25) is 0 Å². The van der Waals surface area contributed by atoms with Crippen molar-refractivity contribution in [1.82, 2.24) is 35.1 Å². The molecule has 15 nitrogen and oxygen atoms in total. The second-order valence-corrected chi connectivity index (χ2v) is 18.4. The minimum atomic E-state index is -1.20. The van der Waals surface area contributed by atoms with Crippen LogP contribution in [-0.2, 0) is 59.4 Å². The molecule has 344 valence electrons. The number of hydrogen-bond acceptors (Lipinski definition) is 10. The van der Waals surface area contributed by atoms with E-state index in [0.29, 0.717) is 62.1 Å². The molecular weight excluding hydrogens is 827 g/mol. The summed E-state index contributed by atoms with van der Waals surface area (Å²) in [6, 6.07) is 11.4. The van der Waals surface area contributed by atoms with E-state index in [9.17, 15) is 29.1 Å². The number of aromatic nitrogens is 2. The monoisotopic (exact) mass is 887 g/mol. The lowest BCUT2D eigenvalue weighted by Crippen LogP contribution is -2.60. The highest BCUT2D eigenvalue weighted by molar-refractivity contribution is 6.01. The summed E-state index contributed by atoms with van der Waals surface area (Å²) in [5.41, 5.74) is 10.3. The van der Waals surface area contributed by atoms with Crippen LogP contribution in [0, 0.1) is 11.3 Å². The van der Waals surface area contributed by atoms with Crippen molar-refractivity contribution in [2.24, 2.45) is 11.3 Å². The van der Waals surface area contributed by atoms with E-state index in [1.165, 1.54) is 23.0 Å². The van der Waals surface area contributed by atoms with E-state index >= 15 is 0 Å². The maximum atomic E-state index is 14.7. The van der Waals surface area contributed by atoms with E-state index in [0.717, 1.165) is 38.9 Å². The molecule has 6 bridgehead atoms. The molecule has 2 aromatic heterocycles. The Morgan fingerprint density at radius 2 is 1.88 bits per heavy atom. The fourth-order valence-corrected chi connectivity index (χ4v) is 9.56. The molecule has 65 heavy (non-hydrogen) atoms. The van der Waals surface area contributed by atoms with Gasteiger partial charge >= 0.3 is 5.97 Å². The largest absolute Gasteiger partial charge is 0.508 e. The fraction of sp³-hybridized carbons (Fsp3) is 0.440. The highest BCUT2D eigenvalue weighted by Crippen LogP contribution is 2.41. The minimum Gasteiger partial charge on any atom is -0.508 e. The Bertz CT molecular complexity index is 2560. The predicted octanol–water partition coefficient (Wildman–Crippen LogP) is 5.68. The first-order valence-electron chi connectivity index (χ1n) is 22.4. The van der Waals surface area contributed by atoms with Crippen molar-refractivity contribution >= 4 is 40.5 Å². The Morgan fingerprint density at radius 1 is 1.09 bits per heavy atom. The van der Waals surface area contributed by atoms with Gasteiger partial charge in [-0.15, -0.1) is 0 Å². The third-order valence-electron chi connectivity index (χ3n) is 12.7. The molecule has 4 aromatic rings. The first kappa shape index (κ1) is 46.7. The number of pyridine rings is 1. The number of aromatic hydroxyl groups is 1. The average Bonchev–Trinajstić information content (AvgIpc) is 3.90. The molecule has 4 amide bonds. The molecule has 0 radical (unpaired) electrons. The first-order chi connectivity index (χ1) is 31.0. The molecule has 0 saturated carbocycles. The molecule has 0 aliphatic carbocycles. The number of allylic oxidation sites excluding steroid dienone is 1. The smallest absolute Gasteiger partial charge is 0.324 e. The Hall–Kier alpha value is -6.32. The van der Waals surface area contributed by atoms with Gasteiger partial charge in [0.05, 0.1) is 24.8 Å². The Morgan fingerprint density at radius 3 is 2.60 bits per heavy atom. The number of hydrogen-bond donors (Lipinski definition) is 3. The van der Waals surface area contributed by atoms with Crippen molar-refractivity contribution in [3.05, 3.63) is 95.5 Å². The van der Waals surface area contributed by atoms with Gasteiger partial charge in [-0.25, -0.2) is 5.43 Å². The van der Waals surface area contributed by atoms with Gasteiger partial charge in [0.2, 0.25) is 11.8 Å². The Balaban J connectivity index is 1.31. The van der Waals surface area contributed by atoms with Gasteiger partial charge in [-0.2, -0.15) is 0 Å². The number of aryl methyl sites for hydroxylation is 1. The summed E-state index contributed by atoms with van der Waals surface area (Å²) >= 11 is 0. The van der Waals surface area contributed by atoms with Crippen molar-refractivity contribution < 1.29 is 38.6 Å². The van der Waals surface area contributed by atoms with Crippen LogP contribution in [-0.4, -0.2) is 112 Å². The number of phenolic OH excluding ortho intramolecular Hbond substituents is 1. The summed E-state index contributed by atoms with van der Waals surface area (Å²) in [4.78, 5) is 76.4. The number of methoxy groups -OCH3 is 1. The van der Waals surface area contributed by atoms with E-state index < -0.39 is 41.2 Å². The van der Waals surface area contributed by atoms with E-state index in [-0.39, 0.29) is 49.4 Å². The van der Waals surface area contributed by atoms with Crippen LogP contribution in [0.3, 0.4) is 0 Å². The molecule has 1 unspecified atom stereocenters. The van der Waals surface area contributed by atoms with E-state index in [1.807, 2.05) is 24.4 Å². The summed E-state index contributed by atoms with van der Waals surface area (Å²) in [7, 11) is 3.18. The number of benzene rings is 2. The number of fused-ring (bicyclic) bond motifs is 6. The number of amides is 4. The van der Waals surface area contributed by atoms with Gasteiger partial charge < -0.3 is 34.3 Å². The lowest BCUT2D eigenvalue weighted by molar-refractivity contribution is -0.155. The summed E-state index contributed by atoms with van der Waals surface area (Å²) in [5.74, 6) is -2.77. The van der Waals surface area contributed by atoms with Crippen molar-refractivity contribution in [3.8, 4) is 28.1 Å². The Labute approximate surface area is 380 Å². The molecule has 3 aliphatic heterocycles. The van der Waals surface area contributed by atoms with Crippen LogP contribution in [0.5, 0.6) is 5.75 Å². The number of ether oxygens (including phenoxy) is 2. The number of esters is 1. The predicted molar refractivity (Wildman–Crippen MR) is 247 cm³/mol. The molecule has 3 aliphatic rings. The molecule has 2 aromatic carbocycles. The highest BCUT2D eigenvalue weighted by Gasteiger charge is 2.38. The fourth-order valence-electron chi connectivity index (χ4n) is 9.56. The number of carbonyl (C=O) groups excluding carboxylic acids is 5. The number of cyclic esters (lactones) is 1. The lowest BCUT2D eigenvalue weighted by Gasteiger charge is -2.36. The minimum absolute atomic E-state index is 0.0199.